The van der Waals surface area contributed by atoms with Crippen LogP contribution in [0, 0.1) is 0 Å². The van der Waals surface area contributed by atoms with Gasteiger partial charge in [-0.3, -0.25) is 0 Å². The smallest absolute Gasteiger partial charge is 0.744 e. The fourth-order valence-electron chi connectivity index (χ4n) is 6.47. The Morgan fingerprint density at radius 2 is 0.860 bits per heavy atom. The van der Waals surface area contributed by atoms with Crippen molar-refractivity contribution in [3.8, 4) is 0 Å². The zero-order chi connectivity index (χ0) is 30.3. The molecule has 0 amide bonds. The number of hydrogen-bond donors (Lipinski definition) is 0. The molecule has 0 bridgehead atoms. The molecule has 43 heavy (non-hydrogen) atoms. The normalized spacial score (nSPS) is 11.7. The monoisotopic (exact) mass is 638 g/mol. The maximum Gasteiger partial charge on any atom is 1.00 e. The van der Waals surface area contributed by atoms with E-state index in [4.69, 9.17) is 0 Å². The molecule has 0 atom stereocenters. The van der Waals surface area contributed by atoms with E-state index in [1.165, 1.54) is 128 Å². The minimum Gasteiger partial charge on any atom is -0.744 e. The molecule has 0 aliphatic heterocycles. The van der Waals surface area contributed by atoms with Crippen LogP contribution in [-0.4, -0.2) is 13.0 Å². The van der Waals surface area contributed by atoms with Gasteiger partial charge in [0.05, 0.1) is 4.90 Å². The Bertz CT molecular complexity index is 1070. The van der Waals surface area contributed by atoms with E-state index >= 15 is 0 Å². The van der Waals surface area contributed by atoms with Gasteiger partial charge in [0.1, 0.15) is 10.1 Å². The van der Waals surface area contributed by atoms with Crippen molar-refractivity contribution in [3.05, 3.63) is 41.5 Å². The van der Waals surface area contributed by atoms with Gasteiger partial charge in [-0.25, -0.2) is 8.42 Å². The van der Waals surface area contributed by atoms with E-state index < -0.39 is 10.1 Å². The molecule has 5 heteroatoms. The SMILES string of the molecule is CCCCCCCCCCCCCCc1ccc2cccc(CCCCCCCCCCCCCC)c2c1S(=O)(=O)[O-].[K+]. The quantitative estimate of drug-likeness (QED) is 0.0557. The Morgan fingerprint density at radius 3 is 1.26 bits per heavy atom. The maximum atomic E-state index is 12.6. The number of unbranched alkanes of at least 4 members (excludes halogenated alkanes) is 22. The van der Waals surface area contributed by atoms with Crippen LogP contribution in [0.15, 0.2) is 35.2 Å². The summed E-state index contributed by atoms with van der Waals surface area (Å²) in [6, 6.07) is 9.89. The van der Waals surface area contributed by atoms with Gasteiger partial charge in [0.2, 0.25) is 0 Å². The van der Waals surface area contributed by atoms with E-state index in [0.717, 1.165) is 43.1 Å². The summed E-state index contributed by atoms with van der Waals surface area (Å²) < 4.78 is 37.7. The zero-order valence-corrected chi connectivity index (χ0v) is 32.3. The number of benzene rings is 2. The molecule has 0 aliphatic rings. The van der Waals surface area contributed by atoms with E-state index in [2.05, 4.69) is 13.8 Å². The molecule has 0 fully saturated rings. The molecular formula is C38H63KO3S. The van der Waals surface area contributed by atoms with E-state index in [1.54, 1.807) is 0 Å². The number of hydrogen-bond acceptors (Lipinski definition) is 3. The fraction of sp³-hybridized carbons (Fsp3) is 0.737. The molecule has 0 aromatic heterocycles. The second-order valence-corrected chi connectivity index (χ2v) is 14.1. The average molecular weight is 639 g/mol. The summed E-state index contributed by atoms with van der Waals surface area (Å²) in [6.45, 7) is 4.53. The van der Waals surface area contributed by atoms with Crippen LogP contribution in [0.1, 0.15) is 179 Å². The number of rotatable bonds is 27. The minimum absolute atomic E-state index is 0. The summed E-state index contributed by atoms with van der Waals surface area (Å²) in [4.78, 5) is 0.0533. The van der Waals surface area contributed by atoms with Crippen LogP contribution in [0.25, 0.3) is 10.8 Å². The van der Waals surface area contributed by atoms with Gasteiger partial charge in [0.25, 0.3) is 0 Å². The Labute approximate surface area is 309 Å². The van der Waals surface area contributed by atoms with Crippen molar-refractivity contribution in [3.63, 3.8) is 0 Å². The fourth-order valence-corrected chi connectivity index (χ4v) is 7.46. The molecule has 2 aromatic carbocycles. The Morgan fingerprint density at radius 1 is 0.488 bits per heavy atom. The Kier molecular flexibility index (Phi) is 25.3. The molecule has 0 spiro atoms. The summed E-state index contributed by atoms with van der Waals surface area (Å²) in [5.74, 6) is 0. The number of aryl methyl sites for hydroxylation is 2. The van der Waals surface area contributed by atoms with Gasteiger partial charge in [-0.2, -0.15) is 0 Å². The zero-order valence-electron chi connectivity index (χ0n) is 28.4. The predicted octanol–water partition coefficient (Wildman–Crippen LogP) is 9.24. The van der Waals surface area contributed by atoms with Crippen LogP contribution >= 0.6 is 0 Å². The van der Waals surface area contributed by atoms with Gasteiger partial charge in [-0.05, 0) is 42.2 Å². The summed E-state index contributed by atoms with van der Waals surface area (Å²) >= 11 is 0. The van der Waals surface area contributed by atoms with Gasteiger partial charge >= 0.3 is 51.4 Å². The van der Waals surface area contributed by atoms with Crippen molar-refractivity contribution in [1.82, 2.24) is 0 Å². The molecule has 0 aliphatic carbocycles. The third-order valence-corrected chi connectivity index (χ3v) is 9.98. The first kappa shape index (κ1) is 41.3. The van der Waals surface area contributed by atoms with Crippen LogP contribution in [0.4, 0.5) is 0 Å². The van der Waals surface area contributed by atoms with Crippen LogP contribution < -0.4 is 51.4 Å². The van der Waals surface area contributed by atoms with Crippen LogP contribution in [-0.2, 0) is 23.0 Å². The van der Waals surface area contributed by atoms with Gasteiger partial charge in [0.15, 0.2) is 0 Å². The Balaban J connectivity index is 0.00000924. The predicted molar refractivity (Wildman–Crippen MR) is 181 cm³/mol. The summed E-state index contributed by atoms with van der Waals surface area (Å²) in [7, 11) is -4.55. The first-order chi connectivity index (χ1) is 20.5. The number of fused-ring (bicyclic) bond motifs is 1. The standard InChI is InChI=1S/C38H64O3S.K/c1-3-5-7-9-11-13-15-17-19-21-23-25-28-34-30-27-31-35-32-33-36(38(37(34)35)42(39,40)41)29-26-24-22-20-18-16-14-12-10-8-6-4-2;/h27,30-33H,3-26,28-29H2,1-2H3,(H,39,40,41);/q;+1/p-1. The molecule has 240 valence electrons. The van der Waals surface area contributed by atoms with Gasteiger partial charge in [-0.15, -0.1) is 0 Å². The topological polar surface area (TPSA) is 57.2 Å². The molecule has 0 heterocycles. The van der Waals surface area contributed by atoms with Gasteiger partial charge in [0, 0.05) is 5.39 Å². The van der Waals surface area contributed by atoms with Crippen molar-refractivity contribution < 1.29 is 64.4 Å². The van der Waals surface area contributed by atoms with Crippen molar-refractivity contribution in [2.45, 2.75) is 186 Å². The molecule has 0 N–H and O–H groups in total. The molecule has 0 saturated heterocycles. The van der Waals surface area contributed by atoms with Crippen LogP contribution in [0.2, 0.25) is 0 Å². The molecular weight excluding hydrogens is 576 g/mol. The first-order valence-electron chi connectivity index (χ1n) is 18.0. The molecule has 3 nitrogen and oxygen atoms in total. The second kappa shape index (κ2) is 26.3. The maximum absolute atomic E-state index is 12.6. The molecule has 0 radical (unpaired) electrons. The van der Waals surface area contributed by atoms with Gasteiger partial charge in [-0.1, -0.05) is 185 Å². The minimum atomic E-state index is -4.55. The molecule has 2 rings (SSSR count). The average Bonchev–Trinajstić information content (AvgIpc) is 2.97. The largest absolute Gasteiger partial charge is 1.00 e. The second-order valence-electron chi connectivity index (χ2n) is 12.8. The molecule has 2 aromatic rings. The van der Waals surface area contributed by atoms with Crippen LogP contribution in [0.3, 0.4) is 0 Å². The van der Waals surface area contributed by atoms with E-state index in [9.17, 15) is 13.0 Å². The van der Waals surface area contributed by atoms with E-state index in [0.29, 0.717) is 17.4 Å². The van der Waals surface area contributed by atoms with Crippen molar-refractivity contribution in [1.29, 1.82) is 0 Å². The third kappa shape index (κ3) is 18.2. The van der Waals surface area contributed by atoms with Crippen molar-refractivity contribution in [2.75, 3.05) is 0 Å². The molecule has 0 unspecified atom stereocenters. The summed E-state index contributed by atoms with van der Waals surface area (Å²) in [5, 5.41) is 1.56. The Hall–Kier alpha value is 0.246. The van der Waals surface area contributed by atoms with Crippen LogP contribution in [0.5, 0.6) is 0 Å². The summed E-state index contributed by atoms with van der Waals surface area (Å²) in [5.41, 5.74) is 1.73. The first-order valence-corrected chi connectivity index (χ1v) is 19.4. The molecule has 0 saturated carbocycles. The van der Waals surface area contributed by atoms with Gasteiger partial charge < -0.3 is 4.55 Å². The van der Waals surface area contributed by atoms with Crippen molar-refractivity contribution >= 4 is 20.9 Å². The van der Waals surface area contributed by atoms with E-state index in [-0.39, 0.29) is 56.3 Å². The van der Waals surface area contributed by atoms with E-state index in [1.807, 2.05) is 30.3 Å². The van der Waals surface area contributed by atoms with Crippen molar-refractivity contribution in [2.24, 2.45) is 0 Å². The summed E-state index contributed by atoms with van der Waals surface area (Å²) in [6.07, 6.45) is 32.4. The third-order valence-electron chi connectivity index (χ3n) is 9.02.